The van der Waals surface area contributed by atoms with Crippen LogP contribution >= 0.6 is 11.8 Å². The van der Waals surface area contributed by atoms with Gasteiger partial charge in [0.2, 0.25) is 0 Å². The number of rotatable bonds is 6. The number of para-hydroxylation sites is 1. The van der Waals surface area contributed by atoms with Gasteiger partial charge in [-0.1, -0.05) is 48.5 Å². The van der Waals surface area contributed by atoms with Gasteiger partial charge < -0.3 is 0 Å². The van der Waals surface area contributed by atoms with Crippen molar-refractivity contribution in [1.82, 2.24) is 19.7 Å². The maximum Gasteiger partial charge on any atom is 0.196 e. The molecule has 0 amide bonds. The average Bonchev–Trinajstić information content (AvgIpc) is 3.11. The van der Waals surface area contributed by atoms with E-state index in [0.29, 0.717) is 0 Å². The SMILES string of the molecule is Fc1ccc(CSc2nnc(CN3CCCCC3)n2-c2ccccc2)cc1. The van der Waals surface area contributed by atoms with Gasteiger partial charge in [0, 0.05) is 11.4 Å². The number of benzene rings is 2. The van der Waals surface area contributed by atoms with Crippen molar-refractivity contribution in [3.05, 3.63) is 71.8 Å². The molecular formula is C21H23FN4S. The Labute approximate surface area is 163 Å². The topological polar surface area (TPSA) is 34.0 Å². The summed E-state index contributed by atoms with van der Waals surface area (Å²) in [6.07, 6.45) is 3.83. The van der Waals surface area contributed by atoms with E-state index in [2.05, 4.69) is 31.8 Å². The van der Waals surface area contributed by atoms with Crippen LogP contribution < -0.4 is 0 Å². The number of likely N-dealkylation sites (tertiary alicyclic amines) is 1. The molecule has 1 aliphatic rings. The summed E-state index contributed by atoms with van der Waals surface area (Å²) in [5, 5.41) is 9.84. The largest absolute Gasteiger partial charge is 0.296 e. The van der Waals surface area contributed by atoms with Gasteiger partial charge in [-0.15, -0.1) is 10.2 Å². The van der Waals surface area contributed by atoms with E-state index in [1.165, 1.54) is 31.4 Å². The number of halogens is 1. The number of hydrogen-bond donors (Lipinski definition) is 0. The summed E-state index contributed by atoms with van der Waals surface area (Å²) in [4.78, 5) is 2.46. The lowest BCUT2D eigenvalue weighted by atomic mass is 10.1. The van der Waals surface area contributed by atoms with Crippen molar-refractivity contribution in [2.75, 3.05) is 13.1 Å². The molecule has 1 fully saturated rings. The van der Waals surface area contributed by atoms with Gasteiger partial charge in [0.25, 0.3) is 0 Å². The Hall–Kier alpha value is -2.18. The predicted octanol–water partition coefficient (Wildman–Crippen LogP) is 4.68. The van der Waals surface area contributed by atoms with Gasteiger partial charge in [0.15, 0.2) is 11.0 Å². The minimum atomic E-state index is -0.208. The molecule has 0 saturated carbocycles. The van der Waals surface area contributed by atoms with Gasteiger partial charge in [-0.2, -0.15) is 0 Å². The molecule has 2 heterocycles. The van der Waals surface area contributed by atoms with E-state index in [4.69, 9.17) is 0 Å². The van der Waals surface area contributed by atoms with Crippen molar-refractivity contribution >= 4 is 11.8 Å². The standard InChI is InChI=1S/C21H23FN4S/c22-18-11-9-17(10-12-18)16-27-21-24-23-20(15-25-13-5-2-6-14-25)26(21)19-7-3-1-4-8-19/h1,3-4,7-12H,2,5-6,13-16H2. The van der Waals surface area contributed by atoms with Crippen LogP contribution in [0.3, 0.4) is 0 Å². The summed E-state index contributed by atoms with van der Waals surface area (Å²) < 4.78 is 15.3. The van der Waals surface area contributed by atoms with Crippen LogP contribution in [0.4, 0.5) is 4.39 Å². The molecule has 2 aromatic carbocycles. The molecule has 0 spiro atoms. The molecule has 0 unspecified atom stereocenters. The molecule has 27 heavy (non-hydrogen) atoms. The van der Waals surface area contributed by atoms with Crippen LogP contribution in [0.2, 0.25) is 0 Å². The fourth-order valence-corrected chi connectivity index (χ4v) is 4.31. The lowest BCUT2D eigenvalue weighted by Crippen LogP contribution is -2.30. The van der Waals surface area contributed by atoms with E-state index < -0.39 is 0 Å². The van der Waals surface area contributed by atoms with E-state index in [1.54, 1.807) is 11.8 Å². The van der Waals surface area contributed by atoms with Gasteiger partial charge in [0.1, 0.15) is 5.82 Å². The molecule has 1 aliphatic heterocycles. The van der Waals surface area contributed by atoms with Crippen LogP contribution in [-0.2, 0) is 12.3 Å². The van der Waals surface area contributed by atoms with Crippen LogP contribution in [0, 0.1) is 5.82 Å². The molecule has 0 atom stereocenters. The van der Waals surface area contributed by atoms with E-state index >= 15 is 0 Å². The normalized spacial score (nSPS) is 15.1. The molecule has 4 rings (SSSR count). The van der Waals surface area contributed by atoms with Gasteiger partial charge in [-0.3, -0.25) is 9.47 Å². The highest BCUT2D eigenvalue weighted by atomic mass is 32.2. The smallest absolute Gasteiger partial charge is 0.196 e. The Morgan fingerprint density at radius 2 is 1.63 bits per heavy atom. The van der Waals surface area contributed by atoms with Crippen molar-refractivity contribution < 1.29 is 4.39 Å². The molecule has 140 valence electrons. The minimum Gasteiger partial charge on any atom is -0.296 e. The molecular weight excluding hydrogens is 359 g/mol. The molecule has 0 aliphatic carbocycles. The summed E-state index contributed by atoms with van der Waals surface area (Å²) in [6, 6.07) is 16.9. The number of hydrogen-bond acceptors (Lipinski definition) is 4. The van der Waals surface area contributed by atoms with Crippen LogP contribution in [0.25, 0.3) is 5.69 Å². The second-order valence-corrected chi connectivity index (χ2v) is 7.76. The van der Waals surface area contributed by atoms with E-state index in [0.717, 1.165) is 47.6 Å². The zero-order valence-corrected chi connectivity index (χ0v) is 16.0. The fourth-order valence-electron chi connectivity index (χ4n) is 3.38. The third-order valence-electron chi connectivity index (χ3n) is 4.81. The molecule has 0 bridgehead atoms. The highest BCUT2D eigenvalue weighted by molar-refractivity contribution is 7.98. The first kappa shape index (κ1) is 18.2. The molecule has 6 heteroatoms. The Kier molecular flexibility index (Phi) is 5.84. The Balaban J connectivity index is 1.57. The van der Waals surface area contributed by atoms with Gasteiger partial charge in [-0.25, -0.2) is 4.39 Å². The van der Waals surface area contributed by atoms with Crippen molar-refractivity contribution in [2.45, 2.75) is 36.7 Å². The van der Waals surface area contributed by atoms with E-state index in [9.17, 15) is 4.39 Å². The van der Waals surface area contributed by atoms with Crippen LogP contribution in [0.1, 0.15) is 30.7 Å². The fraction of sp³-hybridized carbons (Fsp3) is 0.333. The van der Waals surface area contributed by atoms with Crippen molar-refractivity contribution in [3.8, 4) is 5.69 Å². The predicted molar refractivity (Wildman–Crippen MR) is 106 cm³/mol. The summed E-state index contributed by atoms with van der Waals surface area (Å²) >= 11 is 1.63. The van der Waals surface area contributed by atoms with E-state index in [-0.39, 0.29) is 5.82 Å². The van der Waals surface area contributed by atoms with Crippen LogP contribution in [-0.4, -0.2) is 32.8 Å². The van der Waals surface area contributed by atoms with Crippen LogP contribution in [0.15, 0.2) is 59.8 Å². The molecule has 1 saturated heterocycles. The minimum absolute atomic E-state index is 0.208. The highest BCUT2D eigenvalue weighted by Gasteiger charge is 2.18. The zero-order valence-electron chi connectivity index (χ0n) is 15.2. The lowest BCUT2D eigenvalue weighted by molar-refractivity contribution is 0.214. The Morgan fingerprint density at radius 3 is 2.37 bits per heavy atom. The monoisotopic (exact) mass is 382 g/mol. The zero-order chi connectivity index (χ0) is 18.5. The summed E-state index contributed by atoms with van der Waals surface area (Å²) in [7, 11) is 0. The summed E-state index contributed by atoms with van der Waals surface area (Å²) in [5.41, 5.74) is 2.15. The van der Waals surface area contributed by atoms with Gasteiger partial charge in [0.05, 0.1) is 6.54 Å². The maximum atomic E-state index is 13.1. The van der Waals surface area contributed by atoms with Crippen molar-refractivity contribution in [1.29, 1.82) is 0 Å². The number of aromatic nitrogens is 3. The molecule has 0 radical (unpaired) electrons. The van der Waals surface area contributed by atoms with Crippen LogP contribution in [0.5, 0.6) is 0 Å². The van der Waals surface area contributed by atoms with Gasteiger partial charge >= 0.3 is 0 Å². The first-order chi connectivity index (χ1) is 13.3. The third kappa shape index (κ3) is 4.57. The Bertz CT molecular complexity index is 858. The second-order valence-electron chi connectivity index (χ2n) is 6.82. The average molecular weight is 383 g/mol. The lowest BCUT2D eigenvalue weighted by Gasteiger charge is -2.26. The van der Waals surface area contributed by atoms with Gasteiger partial charge in [-0.05, 0) is 55.8 Å². The number of nitrogens with zero attached hydrogens (tertiary/aromatic N) is 4. The Morgan fingerprint density at radius 1 is 0.889 bits per heavy atom. The second kappa shape index (κ2) is 8.67. The first-order valence-corrected chi connectivity index (χ1v) is 10.4. The van der Waals surface area contributed by atoms with Crippen molar-refractivity contribution in [2.24, 2.45) is 0 Å². The third-order valence-corrected chi connectivity index (χ3v) is 5.81. The summed E-state index contributed by atoms with van der Waals surface area (Å²) in [6.45, 7) is 3.07. The molecule has 0 N–H and O–H groups in total. The molecule has 1 aromatic heterocycles. The maximum absolute atomic E-state index is 13.1. The number of thioether (sulfide) groups is 1. The quantitative estimate of drug-likeness (QED) is 0.580. The summed E-state index contributed by atoms with van der Waals surface area (Å²) in [5.74, 6) is 1.50. The van der Waals surface area contributed by atoms with Crippen molar-refractivity contribution in [3.63, 3.8) is 0 Å². The number of piperidine rings is 1. The molecule has 3 aromatic rings. The van der Waals surface area contributed by atoms with E-state index in [1.807, 2.05) is 30.3 Å². The first-order valence-electron chi connectivity index (χ1n) is 9.39. The molecule has 4 nitrogen and oxygen atoms in total. The highest BCUT2D eigenvalue weighted by Crippen LogP contribution is 2.26.